The molecular formula is C15H11NO5S. The number of hydrogen-bond acceptors (Lipinski definition) is 6. The molecule has 0 saturated carbocycles. The molecule has 0 fully saturated rings. The van der Waals surface area contributed by atoms with Gasteiger partial charge in [0, 0.05) is 28.6 Å². The van der Waals surface area contributed by atoms with Crippen LogP contribution < -0.4 is 0 Å². The molecular weight excluding hydrogens is 306 g/mol. The van der Waals surface area contributed by atoms with Crippen LogP contribution in [0.15, 0.2) is 47.9 Å². The summed E-state index contributed by atoms with van der Waals surface area (Å²) < 4.78 is 4.83. The topological polar surface area (TPSA) is 86.5 Å². The van der Waals surface area contributed by atoms with E-state index in [0.717, 1.165) is 4.88 Å². The highest BCUT2D eigenvalue weighted by atomic mass is 32.1. The SMILES string of the molecule is O=C(/C=C/c1cccs1)OCC(=O)c1ccc([N+](=O)[O-])cc1. The fourth-order valence-corrected chi connectivity index (χ4v) is 2.19. The molecule has 1 aromatic carbocycles. The molecule has 0 atom stereocenters. The Morgan fingerprint density at radius 2 is 1.95 bits per heavy atom. The van der Waals surface area contributed by atoms with E-state index < -0.39 is 23.3 Å². The Bertz CT molecular complexity index is 704. The first-order valence-electron chi connectivity index (χ1n) is 6.22. The lowest BCUT2D eigenvalue weighted by Gasteiger charge is -2.01. The standard InChI is InChI=1S/C15H11NO5S/c17-14(11-3-5-12(6-4-11)16(19)20)10-21-15(18)8-7-13-2-1-9-22-13/h1-9H,10H2/b8-7+. The van der Waals surface area contributed by atoms with E-state index >= 15 is 0 Å². The van der Waals surface area contributed by atoms with E-state index in [1.807, 2.05) is 17.5 Å². The van der Waals surface area contributed by atoms with Crippen LogP contribution in [-0.2, 0) is 9.53 Å². The fourth-order valence-electron chi connectivity index (χ4n) is 1.57. The number of non-ortho nitro benzene ring substituents is 1. The van der Waals surface area contributed by atoms with Crippen LogP contribution >= 0.6 is 11.3 Å². The molecule has 7 heteroatoms. The molecule has 0 spiro atoms. The third kappa shape index (κ3) is 4.35. The summed E-state index contributed by atoms with van der Waals surface area (Å²) in [6.45, 7) is -0.411. The quantitative estimate of drug-likeness (QED) is 0.269. The lowest BCUT2D eigenvalue weighted by atomic mass is 10.1. The largest absolute Gasteiger partial charge is 0.454 e. The number of ether oxygens (including phenoxy) is 1. The number of nitrogens with zero attached hydrogens (tertiary/aromatic N) is 1. The van der Waals surface area contributed by atoms with Crippen molar-refractivity contribution in [2.75, 3.05) is 6.61 Å². The van der Waals surface area contributed by atoms with Crippen molar-refractivity contribution in [3.8, 4) is 0 Å². The summed E-state index contributed by atoms with van der Waals surface area (Å²) in [4.78, 5) is 34.1. The Kier molecular flexibility index (Phi) is 5.16. The van der Waals surface area contributed by atoms with Gasteiger partial charge >= 0.3 is 5.97 Å². The lowest BCUT2D eigenvalue weighted by Crippen LogP contribution is -2.12. The highest BCUT2D eigenvalue weighted by Gasteiger charge is 2.11. The van der Waals surface area contributed by atoms with E-state index in [9.17, 15) is 19.7 Å². The van der Waals surface area contributed by atoms with E-state index in [2.05, 4.69) is 0 Å². The van der Waals surface area contributed by atoms with E-state index in [-0.39, 0.29) is 11.3 Å². The maximum atomic E-state index is 11.8. The maximum Gasteiger partial charge on any atom is 0.331 e. The van der Waals surface area contributed by atoms with Crippen LogP contribution in [0.25, 0.3) is 6.08 Å². The van der Waals surface area contributed by atoms with Crippen molar-refractivity contribution >= 4 is 34.9 Å². The molecule has 1 aromatic heterocycles. The summed E-state index contributed by atoms with van der Waals surface area (Å²) in [6, 6.07) is 8.81. The van der Waals surface area contributed by atoms with Crippen molar-refractivity contribution in [1.82, 2.24) is 0 Å². The van der Waals surface area contributed by atoms with Crippen LogP contribution in [-0.4, -0.2) is 23.3 Å². The molecule has 0 bridgehead atoms. The van der Waals surface area contributed by atoms with Crippen LogP contribution in [0, 0.1) is 10.1 Å². The number of rotatable bonds is 6. The van der Waals surface area contributed by atoms with Gasteiger partial charge < -0.3 is 4.74 Å². The first-order chi connectivity index (χ1) is 10.6. The van der Waals surface area contributed by atoms with Crippen LogP contribution in [0.4, 0.5) is 5.69 Å². The van der Waals surface area contributed by atoms with Crippen molar-refractivity contribution in [2.24, 2.45) is 0 Å². The summed E-state index contributed by atoms with van der Waals surface area (Å²) in [5, 5.41) is 12.4. The smallest absolute Gasteiger partial charge is 0.331 e. The minimum absolute atomic E-state index is 0.104. The fraction of sp³-hybridized carbons (Fsp3) is 0.0667. The Labute approximate surface area is 129 Å². The number of Topliss-reactive ketones (excluding diaryl/α,β-unsaturated/α-hetero) is 1. The molecule has 1 heterocycles. The van der Waals surface area contributed by atoms with E-state index in [0.29, 0.717) is 0 Å². The molecule has 0 amide bonds. The molecule has 0 radical (unpaired) electrons. The zero-order chi connectivity index (χ0) is 15.9. The van der Waals surface area contributed by atoms with Crippen LogP contribution in [0.1, 0.15) is 15.2 Å². The number of benzene rings is 1. The molecule has 6 nitrogen and oxygen atoms in total. The van der Waals surface area contributed by atoms with Gasteiger partial charge in [0.05, 0.1) is 4.92 Å². The van der Waals surface area contributed by atoms with Crippen LogP contribution in [0.2, 0.25) is 0 Å². The molecule has 112 valence electrons. The molecule has 0 N–H and O–H groups in total. The highest BCUT2D eigenvalue weighted by molar-refractivity contribution is 7.10. The van der Waals surface area contributed by atoms with Crippen molar-refractivity contribution in [1.29, 1.82) is 0 Å². The summed E-state index contributed by atoms with van der Waals surface area (Å²) in [5.41, 5.74) is 0.146. The third-order valence-electron chi connectivity index (χ3n) is 2.67. The average molecular weight is 317 g/mol. The normalized spacial score (nSPS) is 10.5. The van der Waals surface area contributed by atoms with Gasteiger partial charge in [0.25, 0.3) is 5.69 Å². The summed E-state index contributed by atoms with van der Waals surface area (Å²) in [6.07, 6.45) is 2.85. The van der Waals surface area contributed by atoms with E-state index in [4.69, 9.17) is 4.74 Å². The predicted octanol–water partition coefficient (Wildman–Crippen LogP) is 3.10. The van der Waals surface area contributed by atoms with E-state index in [1.165, 1.54) is 41.7 Å². The molecule has 2 aromatic rings. The van der Waals surface area contributed by atoms with E-state index in [1.54, 1.807) is 6.08 Å². The Morgan fingerprint density at radius 3 is 2.55 bits per heavy atom. The molecule has 0 saturated heterocycles. The van der Waals surface area contributed by atoms with Gasteiger partial charge in [-0.25, -0.2) is 4.79 Å². The van der Waals surface area contributed by atoms with Gasteiger partial charge in [0.2, 0.25) is 0 Å². The second kappa shape index (κ2) is 7.28. The van der Waals surface area contributed by atoms with Crippen LogP contribution in [0.3, 0.4) is 0 Å². The zero-order valence-corrected chi connectivity index (χ0v) is 12.1. The molecule has 0 unspecified atom stereocenters. The number of ketones is 1. The highest BCUT2D eigenvalue weighted by Crippen LogP contribution is 2.13. The number of nitro groups is 1. The molecule has 22 heavy (non-hydrogen) atoms. The van der Waals surface area contributed by atoms with Crippen molar-refractivity contribution < 1.29 is 19.2 Å². The van der Waals surface area contributed by atoms with Crippen molar-refractivity contribution in [3.05, 3.63) is 68.4 Å². The van der Waals surface area contributed by atoms with Gasteiger partial charge in [0.1, 0.15) is 0 Å². The number of carbonyl (C=O) groups is 2. The van der Waals surface area contributed by atoms with Gasteiger partial charge in [-0.15, -0.1) is 11.3 Å². The summed E-state index contributed by atoms with van der Waals surface area (Å²) in [5.74, 6) is -1.04. The van der Waals surface area contributed by atoms with Gasteiger partial charge in [-0.3, -0.25) is 14.9 Å². The van der Waals surface area contributed by atoms with Crippen LogP contribution in [0.5, 0.6) is 0 Å². The number of thiophene rings is 1. The molecule has 0 aliphatic carbocycles. The van der Waals surface area contributed by atoms with Gasteiger partial charge in [-0.1, -0.05) is 6.07 Å². The average Bonchev–Trinajstić information content (AvgIpc) is 3.04. The minimum atomic E-state index is -0.622. The molecule has 0 aliphatic heterocycles. The lowest BCUT2D eigenvalue weighted by molar-refractivity contribution is -0.384. The number of nitro benzene ring substituents is 1. The second-order valence-electron chi connectivity index (χ2n) is 4.18. The minimum Gasteiger partial charge on any atom is -0.454 e. The van der Waals surface area contributed by atoms with Crippen molar-refractivity contribution in [2.45, 2.75) is 0 Å². The van der Waals surface area contributed by atoms with Gasteiger partial charge in [-0.05, 0) is 29.7 Å². The van der Waals surface area contributed by atoms with Gasteiger partial charge in [-0.2, -0.15) is 0 Å². The number of carbonyl (C=O) groups excluding carboxylic acids is 2. The Morgan fingerprint density at radius 1 is 1.23 bits per heavy atom. The molecule has 0 aliphatic rings. The maximum absolute atomic E-state index is 11.8. The Balaban J connectivity index is 1.86. The monoisotopic (exact) mass is 317 g/mol. The molecule has 2 rings (SSSR count). The number of hydrogen-bond donors (Lipinski definition) is 0. The third-order valence-corrected chi connectivity index (χ3v) is 3.51. The zero-order valence-electron chi connectivity index (χ0n) is 11.3. The number of esters is 1. The second-order valence-corrected chi connectivity index (χ2v) is 5.16. The summed E-state index contributed by atoms with van der Waals surface area (Å²) in [7, 11) is 0. The first kappa shape index (κ1) is 15.6. The summed E-state index contributed by atoms with van der Waals surface area (Å²) >= 11 is 1.47. The first-order valence-corrected chi connectivity index (χ1v) is 7.10. The Hall–Kier alpha value is -2.80. The van der Waals surface area contributed by atoms with Crippen molar-refractivity contribution in [3.63, 3.8) is 0 Å². The van der Waals surface area contributed by atoms with Gasteiger partial charge in [0.15, 0.2) is 12.4 Å². The predicted molar refractivity (Wildman–Crippen MR) is 81.7 cm³/mol.